The molecule has 1 fully saturated rings. The van der Waals surface area contributed by atoms with Crippen molar-refractivity contribution < 1.29 is 8.82 Å². The van der Waals surface area contributed by atoms with E-state index in [-0.39, 0.29) is 16.7 Å². The van der Waals surface area contributed by atoms with Gasteiger partial charge in [-0.05, 0) is 0 Å². The van der Waals surface area contributed by atoms with E-state index in [1.165, 1.54) is 39.0 Å². The summed E-state index contributed by atoms with van der Waals surface area (Å²) in [5, 5.41) is 1.19. The van der Waals surface area contributed by atoms with Crippen molar-refractivity contribution in [2.24, 2.45) is 0 Å². The summed E-state index contributed by atoms with van der Waals surface area (Å²) >= 11 is 0.869. The van der Waals surface area contributed by atoms with Crippen LogP contribution in [0.4, 0.5) is 4.39 Å². The van der Waals surface area contributed by atoms with Crippen molar-refractivity contribution >= 4 is 49.9 Å². The fourth-order valence-electron chi connectivity index (χ4n) is 5.48. The van der Waals surface area contributed by atoms with Gasteiger partial charge in [0.1, 0.15) is 0 Å². The SMILES string of the molecule is CC(C)(C)[Si](OC[C@@H]1C[C@@](F)([Se]c2ccccc2)[C@H](n2ccc(=O)[nH]c2=O)S1)(c1ccccc1)c1ccccc1. The summed E-state index contributed by atoms with van der Waals surface area (Å²) in [6.45, 7) is 7.02. The number of hydrogen-bond donors (Lipinski definition) is 1. The van der Waals surface area contributed by atoms with E-state index in [0.717, 1.165) is 4.46 Å². The molecule has 0 saturated carbocycles. The molecular weight excluding hydrogens is 606 g/mol. The molecule has 1 saturated heterocycles. The maximum atomic E-state index is 17.1. The third-order valence-electron chi connectivity index (χ3n) is 7.23. The minimum absolute atomic E-state index is 0.180. The zero-order valence-electron chi connectivity index (χ0n) is 22.8. The van der Waals surface area contributed by atoms with Gasteiger partial charge >= 0.3 is 246 Å². The minimum atomic E-state index is -2.80. The molecule has 2 heterocycles. The zero-order valence-corrected chi connectivity index (χ0v) is 26.3. The van der Waals surface area contributed by atoms with Gasteiger partial charge in [0, 0.05) is 0 Å². The fourth-order valence-corrected chi connectivity index (χ4v) is 15.0. The molecule has 5 nitrogen and oxygen atoms in total. The summed E-state index contributed by atoms with van der Waals surface area (Å²) < 4.78 is 24.8. The van der Waals surface area contributed by atoms with Gasteiger partial charge in [0.25, 0.3) is 0 Å². The van der Waals surface area contributed by atoms with Gasteiger partial charge in [0.05, 0.1) is 0 Å². The molecule has 0 radical (unpaired) electrons. The van der Waals surface area contributed by atoms with Gasteiger partial charge < -0.3 is 0 Å². The normalized spacial score (nSPS) is 21.4. The first-order valence-corrected chi connectivity index (χ1v) is 17.8. The van der Waals surface area contributed by atoms with E-state index in [4.69, 9.17) is 4.43 Å². The molecule has 1 aliphatic rings. The summed E-state index contributed by atoms with van der Waals surface area (Å²) in [5.74, 6) is 0. The predicted molar refractivity (Wildman–Crippen MR) is 166 cm³/mol. The molecule has 9 heteroatoms. The second-order valence-electron chi connectivity index (χ2n) is 11.0. The number of hydrogen-bond acceptors (Lipinski definition) is 4. The molecular formula is C31H33FN2O3SSeSi. The molecule has 0 spiro atoms. The third-order valence-corrected chi connectivity index (χ3v) is 16.7. The van der Waals surface area contributed by atoms with E-state index in [9.17, 15) is 9.59 Å². The summed E-state index contributed by atoms with van der Waals surface area (Å²) in [7, 11) is -2.80. The van der Waals surface area contributed by atoms with Crippen molar-refractivity contribution in [3.05, 3.63) is 124 Å². The number of benzene rings is 3. The monoisotopic (exact) mass is 640 g/mol. The standard InChI is InChI=1S/C31H33FN2O3SSeSi/c1-30(2,3)40(25-15-9-5-10-16-25,26-17-11-6-12-18-26)37-22-23-21-31(32,39-24-13-7-4-8-14-24)28(38-23)34-20-19-27(35)33-29(34)36/h4-20,23,28H,21-22H2,1-3H3,(H,33,35,36)/t23-,28+,31+/m0/s1. The van der Waals surface area contributed by atoms with E-state index in [1.54, 1.807) is 0 Å². The molecule has 0 bridgehead atoms. The van der Waals surface area contributed by atoms with E-state index >= 15 is 4.39 Å². The van der Waals surface area contributed by atoms with Gasteiger partial charge in [0.2, 0.25) is 0 Å². The quantitative estimate of drug-likeness (QED) is 0.298. The van der Waals surface area contributed by atoms with Crippen LogP contribution in [0.2, 0.25) is 5.04 Å². The Hall–Kier alpha value is -2.68. The number of aromatic nitrogens is 2. The van der Waals surface area contributed by atoms with E-state index in [0.29, 0.717) is 6.61 Å². The Bertz CT molecular complexity index is 1510. The number of halogens is 1. The van der Waals surface area contributed by atoms with Crippen molar-refractivity contribution in [3.8, 4) is 0 Å². The van der Waals surface area contributed by atoms with Gasteiger partial charge in [0.15, 0.2) is 0 Å². The molecule has 0 aliphatic carbocycles. The van der Waals surface area contributed by atoms with Crippen LogP contribution >= 0.6 is 11.8 Å². The summed E-state index contributed by atoms with van der Waals surface area (Å²) in [5.41, 5.74) is -1.08. The first kappa shape index (κ1) is 28.8. The van der Waals surface area contributed by atoms with Crippen LogP contribution in [0.5, 0.6) is 0 Å². The summed E-state index contributed by atoms with van der Waals surface area (Å²) in [4.78, 5) is 26.9. The summed E-state index contributed by atoms with van der Waals surface area (Å²) in [6, 6.07) is 31.7. The second kappa shape index (κ2) is 11.7. The molecule has 1 aliphatic heterocycles. The van der Waals surface area contributed by atoms with Gasteiger partial charge in [-0.1, -0.05) is 0 Å². The maximum absolute atomic E-state index is 17.1. The van der Waals surface area contributed by atoms with Gasteiger partial charge in [-0.15, -0.1) is 0 Å². The van der Waals surface area contributed by atoms with E-state index in [1.807, 2.05) is 66.7 Å². The van der Waals surface area contributed by atoms with Crippen molar-refractivity contribution in [2.75, 3.05) is 6.61 Å². The molecule has 3 aromatic carbocycles. The molecule has 4 aromatic rings. The van der Waals surface area contributed by atoms with Crippen LogP contribution in [-0.2, 0) is 4.43 Å². The van der Waals surface area contributed by atoms with Crippen LogP contribution in [0.3, 0.4) is 0 Å². The Kier molecular flexibility index (Phi) is 8.41. The van der Waals surface area contributed by atoms with E-state index < -0.39 is 44.5 Å². The number of H-pyrrole nitrogens is 1. The topological polar surface area (TPSA) is 64.1 Å². The van der Waals surface area contributed by atoms with Crippen molar-refractivity contribution in [1.29, 1.82) is 0 Å². The molecule has 0 amide bonds. The Morgan fingerprint density at radius 3 is 2.02 bits per heavy atom. The van der Waals surface area contributed by atoms with Crippen molar-refractivity contribution in [3.63, 3.8) is 0 Å². The van der Waals surface area contributed by atoms with Crippen LogP contribution in [0.15, 0.2) is 113 Å². The van der Waals surface area contributed by atoms with Crippen LogP contribution in [0.25, 0.3) is 0 Å². The van der Waals surface area contributed by atoms with Crippen molar-refractivity contribution in [1.82, 2.24) is 9.55 Å². The average Bonchev–Trinajstić information content (AvgIpc) is 3.25. The van der Waals surface area contributed by atoms with Crippen LogP contribution < -0.4 is 26.1 Å². The van der Waals surface area contributed by atoms with Crippen LogP contribution in [0, 0.1) is 0 Å². The Morgan fingerprint density at radius 1 is 0.950 bits per heavy atom. The van der Waals surface area contributed by atoms with Gasteiger partial charge in [-0.25, -0.2) is 0 Å². The number of alkyl halides is 1. The predicted octanol–water partition coefficient (Wildman–Crippen LogP) is 3.81. The number of thioether (sulfide) groups is 1. The number of rotatable bonds is 8. The van der Waals surface area contributed by atoms with E-state index in [2.05, 4.69) is 50.0 Å². The Balaban J connectivity index is 1.51. The Labute approximate surface area is 245 Å². The fraction of sp³-hybridized carbons (Fsp3) is 0.290. The van der Waals surface area contributed by atoms with Crippen LogP contribution in [-0.4, -0.2) is 49.2 Å². The molecule has 208 valence electrons. The number of aromatic amines is 1. The number of nitrogens with zero attached hydrogens (tertiary/aromatic N) is 1. The molecule has 3 atom stereocenters. The second-order valence-corrected chi connectivity index (χ2v) is 19.5. The Morgan fingerprint density at radius 2 is 1.50 bits per heavy atom. The zero-order chi connectivity index (χ0) is 28.4. The number of nitrogens with one attached hydrogen (secondary N) is 1. The summed E-state index contributed by atoms with van der Waals surface area (Å²) in [6.07, 6.45) is 1.67. The molecule has 1 N–H and O–H groups in total. The third kappa shape index (κ3) is 5.71. The molecule has 0 unspecified atom stereocenters. The van der Waals surface area contributed by atoms with Crippen molar-refractivity contribution in [2.45, 2.75) is 47.4 Å². The average molecular weight is 640 g/mol. The molecule has 1 aromatic heterocycles. The van der Waals surface area contributed by atoms with Gasteiger partial charge in [-0.2, -0.15) is 0 Å². The molecule has 40 heavy (non-hydrogen) atoms. The first-order valence-electron chi connectivity index (χ1n) is 13.3. The first-order chi connectivity index (χ1) is 19.1. The van der Waals surface area contributed by atoms with Crippen LogP contribution in [0.1, 0.15) is 32.6 Å². The molecule has 5 rings (SSSR count). The van der Waals surface area contributed by atoms with Gasteiger partial charge in [-0.3, -0.25) is 0 Å².